The van der Waals surface area contributed by atoms with Gasteiger partial charge in [0.2, 0.25) is 0 Å². The van der Waals surface area contributed by atoms with E-state index in [4.69, 9.17) is 9.47 Å². The van der Waals surface area contributed by atoms with Crippen LogP contribution >= 0.6 is 0 Å². The molecule has 0 spiro atoms. The van der Waals surface area contributed by atoms with Gasteiger partial charge in [-0.05, 0) is 91.8 Å². The van der Waals surface area contributed by atoms with Crippen LogP contribution in [-0.4, -0.2) is 25.2 Å². The van der Waals surface area contributed by atoms with Gasteiger partial charge in [0.25, 0.3) is 12.9 Å². The molecule has 0 amide bonds. The Labute approximate surface area is 182 Å². The van der Waals surface area contributed by atoms with Crippen LogP contribution in [0.25, 0.3) is 0 Å². The highest BCUT2D eigenvalue weighted by Gasteiger charge is 2.63. The molecule has 0 aliphatic heterocycles. The molecule has 0 aromatic rings. The zero-order valence-electron chi connectivity index (χ0n) is 19.5. The number of fused-ring (bicyclic) bond motifs is 5. The van der Waals surface area contributed by atoms with Crippen LogP contribution in [0, 0.1) is 46.3 Å². The maximum absolute atomic E-state index is 11.5. The first-order valence-corrected chi connectivity index (χ1v) is 12.6. The Bertz CT molecular complexity index is 635. The quantitative estimate of drug-likeness (QED) is 0.492. The van der Waals surface area contributed by atoms with Gasteiger partial charge in [-0.1, -0.05) is 40.5 Å². The molecular weight excluding hydrogens is 376 g/mol. The van der Waals surface area contributed by atoms with E-state index in [1.807, 2.05) is 0 Å². The molecule has 4 aliphatic rings. The topological polar surface area (TPSA) is 52.6 Å². The second-order valence-electron chi connectivity index (χ2n) is 11.6. The van der Waals surface area contributed by atoms with E-state index < -0.39 is 0 Å². The van der Waals surface area contributed by atoms with Crippen LogP contribution in [0.1, 0.15) is 91.9 Å². The lowest BCUT2D eigenvalue weighted by Crippen LogP contribution is -2.59. The summed E-state index contributed by atoms with van der Waals surface area (Å²) in [4.78, 5) is 22.4. The van der Waals surface area contributed by atoms with Gasteiger partial charge in [0, 0.05) is 5.92 Å². The van der Waals surface area contributed by atoms with Crippen molar-refractivity contribution in [1.82, 2.24) is 0 Å². The minimum absolute atomic E-state index is 0.0328. The monoisotopic (exact) mass is 418 g/mol. The molecule has 4 fully saturated rings. The van der Waals surface area contributed by atoms with Gasteiger partial charge in [0.1, 0.15) is 12.2 Å². The normalized spacial score (nSPS) is 48.6. The maximum atomic E-state index is 11.5. The molecule has 0 radical (unpaired) electrons. The van der Waals surface area contributed by atoms with Gasteiger partial charge in [-0.2, -0.15) is 0 Å². The van der Waals surface area contributed by atoms with Crippen molar-refractivity contribution in [3.05, 3.63) is 0 Å². The summed E-state index contributed by atoms with van der Waals surface area (Å²) in [6.07, 6.45) is 11.9. The highest BCUT2D eigenvalue weighted by molar-refractivity contribution is 5.38. The van der Waals surface area contributed by atoms with E-state index in [1.54, 1.807) is 0 Å². The molecule has 4 heteroatoms. The largest absolute Gasteiger partial charge is 0.465 e. The van der Waals surface area contributed by atoms with Crippen molar-refractivity contribution in [3.8, 4) is 0 Å². The van der Waals surface area contributed by atoms with E-state index in [1.165, 1.54) is 38.5 Å². The number of hydrogen-bond acceptors (Lipinski definition) is 4. The van der Waals surface area contributed by atoms with E-state index in [0.29, 0.717) is 42.0 Å². The number of carbonyl (C=O) groups is 2. The molecule has 0 aromatic heterocycles. The van der Waals surface area contributed by atoms with Crippen molar-refractivity contribution in [3.63, 3.8) is 0 Å². The molecule has 4 aliphatic carbocycles. The van der Waals surface area contributed by atoms with E-state index in [-0.39, 0.29) is 17.6 Å². The Kier molecular flexibility index (Phi) is 6.25. The average molecular weight is 419 g/mol. The molecule has 4 saturated carbocycles. The molecule has 4 nitrogen and oxygen atoms in total. The number of ether oxygens (including phenoxy) is 2. The third kappa shape index (κ3) is 3.41. The fourth-order valence-corrected chi connectivity index (χ4v) is 9.21. The summed E-state index contributed by atoms with van der Waals surface area (Å²) in [5, 5.41) is 0. The molecule has 10 atom stereocenters. The zero-order chi connectivity index (χ0) is 21.5. The number of hydrogen-bond donors (Lipinski definition) is 0. The minimum Gasteiger partial charge on any atom is -0.465 e. The van der Waals surface area contributed by atoms with Gasteiger partial charge in [-0.15, -0.1) is 0 Å². The molecular formula is C26H42O4. The van der Waals surface area contributed by atoms with Crippen molar-refractivity contribution >= 4 is 12.9 Å². The van der Waals surface area contributed by atoms with Gasteiger partial charge < -0.3 is 9.47 Å². The van der Waals surface area contributed by atoms with Crippen molar-refractivity contribution in [2.75, 3.05) is 0 Å². The van der Waals surface area contributed by atoms with E-state index in [0.717, 1.165) is 37.5 Å². The van der Waals surface area contributed by atoms with Crippen LogP contribution in [0.4, 0.5) is 0 Å². The van der Waals surface area contributed by atoms with Crippen LogP contribution in [0.3, 0.4) is 0 Å². The van der Waals surface area contributed by atoms with Crippen molar-refractivity contribution in [2.45, 2.75) is 104 Å². The first-order valence-electron chi connectivity index (χ1n) is 12.6. The first kappa shape index (κ1) is 22.1. The molecule has 0 bridgehead atoms. The summed E-state index contributed by atoms with van der Waals surface area (Å²) in [5.74, 6) is 3.86. The van der Waals surface area contributed by atoms with Gasteiger partial charge >= 0.3 is 0 Å². The molecule has 170 valence electrons. The molecule has 0 saturated heterocycles. The third-order valence-electron chi connectivity index (χ3n) is 10.6. The lowest BCUT2D eigenvalue weighted by molar-refractivity contribution is -0.190. The Morgan fingerprint density at radius 2 is 1.63 bits per heavy atom. The van der Waals surface area contributed by atoms with Gasteiger partial charge in [-0.3, -0.25) is 9.59 Å². The van der Waals surface area contributed by atoms with Crippen molar-refractivity contribution in [1.29, 1.82) is 0 Å². The lowest BCUT2D eigenvalue weighted by Gasteiger charge is -2.62. The van der Waals surface area contributed by atoms with Gasteiger partial charge in [-0.25, -0.2) is 0 Å². The summed E-state index contributed by atoms with van der Waals surface area (Å²) in [7, 11) is 0. The summed E-state index contributed by atoms with van der Waals surface area (Å²) in [5.41, 5.74) is 0.673. The molecule has 0 N–H and O–H groups in total. The Morgan fingerprint density at radius 3 is 2.33 bits per heavy atom. The average Bonchev–Trinajstić information content (AvgIpc) is 3.07. The molecule has 0 heterocycles. The smallest absolute Gasteiger partial charge is 0.293 e. The van der Waals surface area contributed by atoms with Gasteiger partial charge in [0.05, 0.1) is 0 Å². The molecule has 4 unspecified atom stereocenters. The Morgan fingerprint density at radius 1 is 0.933 bits per heavy atom. The standard InChI is InChI=1S/C26H42O4/c1-5-6-17(2)20-7-8-21-24-22(10-12-26(20,21)4)25(3)11-9-19(29-15-27)13-18(25)14-23(24)30-16-28/h15-24H,5-14H2,1-4H3/t17?,18-,19?,20+,21?,22?,23-,24-,25-,26+/m0/s1. The van der Waals surface area contributed by atoms with Crippen LogP contribution in [0.5, 0.6) is 0 Å². The summed E-state index contributed by atoms with van der Waals surface area (Å²) >= 11 is 0. The Hall–Kier alpha value is -1.06. The van der Waals surface area contributed by atoms with Gasteiger partial charge in [0.15, 0.2) is 0 Å². The predicted octanol–water partition coefficient (Wildman–Crippen LogP) is 5.77. The van der Waals surface area contributed by atoms with E-state index in [9.17, 15) is 9.59 Å². The van der Waals surface area contributed by atoms with Crippen molar-refractivity contribution in [2.24, 2.45) is 46.3 Å². The van der Waals surface area contributed by atoms with Crippen LogP contribution < -0.4 is 0 Å². The minimum atomic E-state index is 0.0328. The fraction of sp³-hybridized carbons (Fsp3) is 0.923. The van der Waals surface area contributed by atoms with Crippen LogP contribution in [-0.2, 0) is 19.1 Å². The Balaban J connectivity index is 1.62. The number of carbonyl (C=O) groups excluding carboxylic acids is 2. The zero-order valence-corrected chi connectivity index (χ0v) is 19.5. The summed E-state index contributed by atoms with van der Waals surface area (Å²) in [6.45, 7) is 11.2. The third-order valence-corrected chi connectivity index (χ3v) is 10.6. The van der Waals surface area contributed by atoms with Crippen molar-refractivity contribution < 1.29 is 19.1 Å². The number of rotatable bonds is 7. The lowest BCUT2D eigenvalue weighted by atomic mass is 9.43. The van der Waals surface area contributed by atoms with Crippen LogP contribution in [0.15, 0.2) is 0 Å². The summed E-state index contributed by atoms with van der Waals surface area (Å²) in [6, 6.07) is 0. The molecule has 0 aromatic carbocycles. The first-order chi connectivity index (χ1) is 14.4. The highest BCUT2D eigenvalue weighted by Crippen LogP contribution is 2.68. The van der Waals surface area contributed by atoms with E-state index in [2.05, 4.69) is 27.7 Å². The molecule has 30 heavy (non-hydrogen) atoms. The SMILES string of the molecule is CCCC(C)[C@H]1CCC2[C@H]3C(CC[C@@]21C)[C@@]1(C)CCC(OC=O)C[C@H]1C[C@@H]3OC=O. The second kappa shape index (κ2) is 8.47. The van der Waals surface area contributed by atoms with E-state index >= 15 is 0 Å². The highest BCUT2D eigenvalue weighted by atomic mass is 16.5. The second-order valence-corrected chi connectivity index (χ2v) is 11.6. The van der Waals surface area contributed by atoms with Crippen LogP contribution in [0.2, 0.25) is 0 Å². The fourth-order valence-electron chi connectivity index (χ4n) is 9.21. The predicted molar refractivity (Wildman–Crippen MR) is 117 cm³/mol. The maximum Gasteiger partial charge on any atom is 0.293 e. The summed E-state index contributed by atoms with van der Waals surface area (Å²) < 4.78 is 11.2. The molecule has 4 rings (SSSR count).